The molecule has 3 rings (SSSR count). The third kappa shape index (κ3) is 4.27. The van der Waals surface area contributed by atoms with E-state index in [1.54, 1.807) is 0 Å². The van der Waals surface area contributed by atoms with E-state index in [-0.39, 0.29) is 12.5 Å². The van der Waals surface area contributed by atoms with Crippen molar-refractivity contribution in [3.63, 3.8) is 0 Å². The second-order valence-corrected chi connectivity index (χ2v) is 5.99. The molecule has 0 unspecified atom stereocenters. The first-order chi connectivity index (χ1) is 12.1. The third-order valence-corrected chi connectivity index (χ3v) is 4.13. The second-order valence-electron chi connectivity index (χ2n) is 5.99. The van der Waals surface area contributed by atoms with Gasteiger partial charge in [-0.05, 0) is 48.7 Å². The largest absolute Gasteiger partial charge is 0.484 e. The highest BCUT2D eigenvalue weighted by molar-refractivity contribution is 5.96. The van der Waals surface area contributed by atoms with Crippen LogP contribution in [-0.2, 0) is 4.79 Å². The lowest BCUT2D eigenvalue weighted by Crippen LogP contribution is -2.20. The summed E-state index contributed by atoms with van der Waals surface area (Å²) in [7, 11) is 0. The molecule has 0 atom stereocenters. The van der Waals surface area contributed by atoms with Crippen LogP contribution < -0.4 is 10.1 Å². The molecule has 0 aromatic heterocycles. The van der Waals surface area contributed by atoms with Crippen molar-refractivity contribution in [1.82, 2.24) is 0 Å². The number of para-hydroxylation sites is 1. The summed E-state index contributed by atoms with van der Waals surface area (Å²) in [4.78, 5) is 12.3. The van der Waals surface area contributed by atoms with Gasteiger partial charge in [-0.3, -0.25) is 4.79 Å². The first-order valence-corrected chi connectivity index (χ1v) is 8.28. The molecular formula is C22H21NO2. The van der Waals surface area contributed by atoms with Crippen LogP contribution in [0.5, 0.6) is 5.75 Å². The lowest BCUT2D eigenvalue weighted by atomic mass is 10.0. The van der Waals surface area contributed by atoms with Crippen molar-refractivity contribution < 1.29 is 9.53 Å². The molecule has 0 bridgehead atoms. The van der Waals surface area contributed by atoms with Crippen LogP contribution in [0.15, 0.2) is 72.8 Å². The number of carbonyl (C=O) groups excluding carboxylic acids is 1. The maximum Gasteiger partial charge on any atom is 0.262 e. The molecule has 0 heterocycles. The summed E-state index contributed by atoms with van der Waals surface area (Å²) in [5.41, 5.74) is 5.18. The maximum atomic E-state index is 12.3. The Hall–Kier alpha value is -3.07. The van der Waals surface area contributed by atoms with E-state index in [4.69, 9.17) is 4.74 Å². The number of ether oxygens (including phenoxy) is 1. The molecule has 0 saturated carbocycles. The number of amides is 1. The number of anilines is 1. The average molecular weight is 331 g/mol. The summed E-state index contributed by atoms with van der Waals surface area (Å²) in [5, 5.41) is 2.94. The molecule has 0 saturated heterocycles. The van der Waals surface area contributed by atoms with Gasteiger partial charge in [0.15, 0.2) is 6.61 Å². The number of nitrogens with one attached hydrogen (secondary N) is 1. The van der Waals surface area contributed by atoms with Crippen molar-refractivity contribution in [2.45, 2.75) is 13.8 Å². The van der Waals surface area contributed by atoms with E-state index in [0.717, 1.165) is 22.4 Å². The van der Waals surface area contributed by atoms with E-state index >= 15 is 0 Å². The van der Waals surface area contributed by atoms with Crippen molar-refractivity contribution >= 4 is 11.6 Å². The monoisotopic (exact) mass is 331 g/mol. The van der Waals surface area contributed by atoms with Crippen LogP contribution >= 0.6 is 0 Å². The van der Waals surface area contributed by atoms with Crippen molar-refractivity contribution in [2.75, 3.05) is 11.9 Å². The molecule has 3 heteroatoms. The van der Waals surface area contributed by atoms with Crippen LogP contribution in [0.2, 0.25) is 0 Å². The van der Waals surface area contributed by atoms with E-state index in [0.29, 0.717) is 5.75 Å². The summed E-state index contributed by atoms with van der Waals surface area (Å²) in [6, 6.07) is 23.6. The number of benzene rings is 3. The molecule has 3 nitrogen and oxygen atoms in total. The minimum Gasteiger partial charge on any atom is -0.484 e. The standard InChI is InChI=1S/C22H21NO2/c1-16-12-13-19(14-17(16)2)25-15-22(24)23-21-11-7-6-10-20(21)18-8-4-3-5-9-18/h3-14H,15H2,1-2H3,(H,23,24). The van der Waals surface area contributed by atoms with Crippen LogP contribution in [-0.4, -0.2) is 12.5 Å². The fourth-order valence-electron chi connectivity index (χ4n) is 2.60. The Kier molecular flexibility index (Phi) is 5.14. The predicted octanol–water partition coefficient (Wildman–Crippen LogP) is 4.99. The topological polar surface area (TPSA) is 38.3 Å². The molecule has 0 fully saturated rings. The zero-order valence-electron chi connectivity index (χ0n) is 14.5. The van der Waals surface area contributed by atoms with Gasteiger partial charge in [0.1, 0.15) is 5.75 Å². The molecule has 0 aliphatic carbocycles. The average Bonchev–Trinajstić information content (AvgIpc) is 2.64. The number of carbonyl (C=O) groups is 1. The van der Waals surface area contributed by atoms with Crippen LogP contribution in [0.25, 0.3) is 11.1 Å². The van der Waals surface area contributed by atoms with E-state index in [1.165, 1.54) is 5.56 Å². The van der Waals surface area contributed by atoms with Gasteiger partial charge in [0.05, 0.1) is 0 Å². The van der Waals surface area contributed by atoms with Crippen molar-refractivity contribution in [3.8, 4) is 16.9 Å². The van der Waals surface area contributed by atoms with Crippen molar-refractivity contribution in [3.05, 3.63) is 83.9 Å². The third-order valence-electron chi connectivity index (χ3n) is 4.13. The van der Waals surface area contributed by atoms with Gasteiger partial charge in [-0.2, -0.15) is 0 Å². The van der Waals surface area contributed by atoms with E-state index in [1.807, 2.05) is 86.6 Å². The zero-order valence-corrected chi connectivity index (χ0v) is 14.5. The molecule has 0 spiro atoms. The highest BCUT2D eigenvalue weighted by Gasteiger charge is 2.09. The molecule has 126 valence electrons. The lowest BCUT2D eigenvalue weighted by Gasteiger charge is -2.12. The maximum absolute atomic E-state index is 12.3. The molecule has 0 aliphatic heterocycles. The van der Waals surface area contributed by atoms with Crippen LogP contribution in [0.3, 0.4) is 0 Å². The Morgan fingerprint density at radius 2 is 1.60 bits per heavy atom. The van der Waals surface area contributed by atoms with Gasteiger partial charge in [-0.15, -0.1) is 0 Å². The zero-order chi connectivity index (χ0) is 17.6. The summed E-state index contributed by atoms with van der Waals surface area (Å²) < 4.78 is 5.61. The molecule has 1 N–H and O–H groups in total. The van der Waals surface area contributed by atoms with Crippen molar-refractivity contribution in [1.29, 1.82) is 0 Å². The first kappa shape index (κ1) is 16.8. The Labute approximate surface area is 148 Å². The quantitative estimate of drug-likeness (QED) is 0.715. The van der Waals surface area contributed by atoms with Crippen molar-refractivity contribution in [2.24, 2.45) is 0 Å². The molecule has 0 aliphatic rings. The molecule has 0 radical (unpaired) electrons. The Bertz CT molecular complexity index is 872. The summed E-state index contributed by atoms with van der Waals surface area (Å²) in [6.45, 7) is 4.05. The predicted molar refractivity (Wildman–Crippen MR) is 102 cm³/mol. The molecular weight excluding hydrogens is 310 g/mol. The van der Waals surface area contributed by atoms with E-state index in [2.05, 4.69) is 5.32 Å². The van der Waals surface area contributed by atoms with Crippen LogP contribution in [0, 0.1) is 13.8 Å². The number of rotatable bonds is 5. The fourth-order valence-corrected chi connectivity index (χ4v) is 2.60. The number of hydrogen-bond donors (Lipinski definition) is 1. The minimum absolute atomic E-state index is 0.0222. The SMILES string of the molecule is Cc1ccc(OCC(=O)Nc2ccccc2-c2ccccc2)cc1C. The van der Waals surface area contributed by atoms with Gasteiger partial charge in [0.2, 0.25) is 0 Å². The molecule has 3 aromatic rings. The number of aryl methyl sites for hydroxylation is 2. The summed E-state index contributed by atoms with van der Waals surface area (Å²) in [6.07, 6.45) is 0. The first-order valence-electron chi connectivity index (χ1n) is 8.28. The highest BCUT2D eigenvalue weighted by atomic mass is 16.5. The van der Waals surface area contributed by atoms with Crippen LogP contribution in [0.4, 0.5) is 5.69 Å². The minimum atomic E-state index is -0.179. The van der Waals surface area contributed by atoms with Gasteiger partial charge >= 0.3 is 0 Å². The molecule has 1 amide bonds. The van der Waals surface area contributed by atoms with Gasteiger partial charge < -0.3 is 10.1 Å². The summed E-state index contributed by atoms with van der Waals surface area (Å²) in [5.74, 6) is 0.524. The second kappa shape index (κ2) is 7.67. The van der Waals surface area contributed by atoms with Gasteiger partial charge in [0, 0.05) is 11.3 Å². The Balaban J connectivity index is 1.68. The van der Waals surface area contributed by atoms with E-state index in [9.17, 15) is 4.79 Å². The number of hydrogen-bond acceptors (Lipinski definition) is 2. The smallest absolute Gasteiger partial charge is 0.262 e. The van der Waals surface area contributed by atoms with Gasteiger partial charge in [-0.1, -0.05) is 54.6 Å². The summed E-state index contributed by atoms with van der Waals surface area (Å²) >= 11 is 0. The molecule has 25 heavy (non-hydrogen) atoms. The Morgan fingerprint density at radius 1 is 0.880 bits per heavy atom. The fraction of sp³-hybridized carbons (Fsp3) is 0.136. The normalized spacial score (nSPS) is 10.3. The van der Waals surface area contributed by atoms with E-state index < -0.39 is 0 Å². The molecule has 3 aromatic carbocycles. The van der Waals surface area contributed by atoms with Crippen LogP contribution in [0.1, 0.15) is 11.1 Å². The lowest BCUT2D eigenvalue weighted by molar-refractivity contribution is -0.118. The Morgan fingerprint density at radius 3 is 2.36 bits per heavy atom. The highest BCUT2D eigenvalue weighted by Crippen LogP contribution is 2.27. The van der Waals surface area contributed by atoms with Gasteiger partial charge in [-0.25, -0.2) is 0 Å². The van der Waals surface area contributed by atoms with Gasteiger partial charge in [0.25, 0.3) is 5.91 Å².